The van der Waals surface area contributed by atoms with Gasteiger partial charge in [0.2, 0.25) is 6.17 Å². The molecule has 2 atom stereocenters. The summed E-state index contributed by atoms with van der Waals surface area (Å²) in [6.45, 7) is 2.48. The number of aliphatic hydroxyl groups excluding tert-OH is 1. The second kappa shape index (κ2) is 6.95. The summed E-state index contributed by atoms with van der Waals surface area (Å²) in [5.41, 5.74) is 0.129. The van der Waals surface area contributed by atoms with Crippen molar-refractivity contribution in [3.8, 4) is 11.5 Å². The molecule has 5 nitrogen and oxygen atoms in total. The predicted octanol–water partition coefficient (Wildman–Crippen LogP) is 2.44. The van der Waals surface area contributed by atoms with Gasteiger partial charge in [0, 0.05) is 6.42 Å². The SMILES string of the molecule is CCOC(=O)C(F)C(O)c1cc(Cl)c2c(c1)OCCCO2. The fraction of sp³-hybridized carbons (Fsp3) is 0.500. The summed E-state index contributed by atoms with van der Waals surface area (Å²) >= 11 is 6.05. The third-order valence-electron chi connectivity index (χ3n) is 2.95. The van der Waals surface area contributed by atoms with Crippen LogP contribution in [-0.4, -0.2) is 37.1 Å². The van der Waals surface area contributed by atoms with Gasteiger partial charge in [0.15, 0.2) is 11.5 Å². The van der Waals surface area contributed by atoms with Gasteiger partial charge in [-0.05, 0) is 24.6 Å². The van der Waals surface area contributed by atoms with Crippen LogP contribution in [0.4, 0.5) is 4.39 Å². The van der Waals surface area contributed by atoms with E-state index in [9.17, 15) is 14.3 Å². The minimum atomic E-state index is -2.19. The first-order valence-electron chi connectivity index (χ1n) is 6.62. The Morgan fingerprint density at radius 3 is 2.90 bits per heavy atom. The molecule has 1 aromatic carbocycles. The average Bonchev–Trinajstić information content (AvgIpc) is 2.71. The van der Waals surface area contributed by atoms with Gasteiger partial charge in [-0.1, -0.05) is 11.6 Å². The van der Waals surface area contributed by atoms with Crippen LogP contribution in [0.1, 0.15) is 25.0 Å². The molecule has 0 fully saturated rings. The molecular formula is C14H16ClFO5. The zero-order valence-corrected chi connectivity index (χ0v) is 12.2. The van der Waals surface area contributed by atoms with Gasteiger partial charge in [0.25, 0.3) is 0 Å². The molecule has 0 amide bonds. The molecule has 0 saturated carbocycles. The van der Waals surface area contributed by atoms with Crippen LogP contribution in [0.5, 0.6) is 11.5 Å². The molecule has 0 radical (unpaired) electrons. The van der Waals surface area contributed by atoms with Crippen molar-refractivity contribution < 1.29 is 28.5 Å². The Labute approximate surface area is 126 Å². The maximum Gasteiger partial charge on any atom is 0.343 e. The number of hydrogen-bond acceptors (Lipinski definition) is 5. The normalized spacial score (nSPS) is 16.8. The number of carbonyl (C=O) groups excluding carboxylic acids is 1. The number of rotatable bonds is 4. The summed E-state index contributed by atoms with van der Waals surface area (Å²) in [4.78, 5) is 11.3. The fourth-order valence-corrected chi connectivity index (χ4v) is 2.21. The quantitative estimate of drug-likeness (QED) is 0.864. The minimum absolute atomic E-state index is 0.0356. The molecule has 0 spiro atoms. The van der Waals surface area contributed by atoms with Crippen LogP contribution < -0.4 is 9.47 Å². The average molecular weight is 319 g/mol. The van der Waals surface area contributed by atoms with Crippen molar-refractivity contribution in [1.82, 2.24) is 0 Å². The highest BCUT2D eigenvalue weighted by Gasteiger charge is 2.30. The summed E-state index contributed by atoms with van der Waals surface area (Å²) in [5, 5.41) is 10.1. The van der Waals surface area contributed by atoms with Gasteiger partial charge in [-0.15, -0.1) is 0 Å². The van der Waals surface area contributed by atoms with Gasteiger partial charge in [-0.2, -0.15) is 0 Å². The molecule has 0 aromatic heterocycles. The van der Waals surface area contributed by atoms with Crippen molar-refractivity contribution in [2.24, 2.45) is 0 Å². The van der Waals surface area contributed by atoms with Crippen molar-refractivity contribution in [3.05, 3.63) is 22.7 Å². The molecule has 1 aliphatic rings. The summed E-state index contributed by atoms with van der Waals surface area (Å²) in [6.07, 6.45) is -3.18. The topological polar surface area (TPSA) is 65.0 Å². The lowest BCUT2D eigenvalue weighted by Crippen LogP contribution is -2.26. The van der Waals surface area contributed by atoms with E-state index in [4.69, 9.17) is 21.1 Å². The van der Waals surface area contributed by atoms with Crippen LogP contribution in [0.2, 0.25) is 5.02 Å². The van der Waals surface area contributed by atoms with Crippen molar-refractivity contribution in [2.45, 2.75) is 25.6 Å². The van der Waals surface area contributed by atoms with Crippen molar-refractivity contribution in [1.29, 1.82) is 0 Å². The highest BCUT2D eigenvalue weighted by molar-refractivity contribution is 6.32. The van der Waals surface area contributed by atoms with Gasteiger partial charge in [-0.25, -0.2) is 9.18 Å². The van der Waals surface area contributed by atoms with E-state index in [2.05, 4.69) is 4.74 Å². The number of hydrogen-bond donors (Lipinski definition) is 1. The van der Waals surface area contributed by atoms with Gasteiger partial charge < -0.3 is 19.3 Å². The molecule has 2 unspecified atom stereocenters. The summed E-state index contributed by atoms with van der Waals surface area (Å²) < 4.78 is 29.3. The second-order valence-corrected chi connectivity index (χ2v) is 4.89. The number of fused-ring (bicyclic) bond motifs is 1. The molecule has 116 valence electrons. The summed E-state index contributed by atoms with van der Waals surface area (Å²) in [5.74, 6) is -0.435. The zero-order chi connectivity index (χ0) is 15.4. The number of esters is 1. The maximum atomic E-state index is 13.9. The first-order chi connectivity index (χ1) is 10.0. The predicted molar refractivity (Wildman–Crippen MR) is 73.5 cm³/mol. The summed E-state index contributed by atoms with van der Waals surface area (Å²) in [7, 11) is 0. The van der Waals surface area contributed by atoms with Crippen molar-refractivity contribution in [3.63, 3.8) is 0 Å². The lowest BCUT2D eigenvalue weighted by molar-refractivity contribution is -0.153. The Kier molecular flexibility index (Phi) is 5.25. The molecule has 21 heavy (non-hydrogen) atoms. The van der Waals surface area contributed by atoms with E-state index < -0.39 is 18.2 Å². The summed E-state index contributed by atoms with van der Waals surface area (Å²) in [6, 6.07) is 2.77. The Bertz CT molecular complexity index is 522. The Balaban J connectivity index is 2.25. The zero-order valence-electron chi connectivity index (χ0n) is 11.5. The monoisotopic (exact) mass is 318 g/mol. The number of halogens is 2. The van der Waals surface area contributed by atoms with E-state index >= 15 is 0 Å². The Morgan fingerprint density at radius 2 is 2.19 bits per heavy atom. The largest absolute Gasteiger partial charge is 0.489 e. The van der Waals surface area contributed by atoms with Gasteiger partial charge in [0.05, 0.1) is 24.8 Å². The minimum Gasteiger partial charge on any atom is -0.489 e. The van der Waals surface area contributed by atoms with Crippen LogP contribution in [0.15, 0.2) is 12.1 Å². The molecule has 7 heteroatoms. The number of ether oxygens (including phenoxy) is 3. The first-order valence-corrected chi connectivity index (χ1v) is 7.00. The van der Waals surface area contributed by atoms with Crippen molar-refractivity contribution in [2.75, 3.05) is 19.8 Å². The van der Waals surface area contributed by atoms with E-state index in [0.29, 0.717) is 31.1 Å². The molecule has 1 N–H and O–H groups in total. The molecular weight excluding hydrogens is 303 g/mol. The van der Waals surface area contributed by atoms with Crippen LogP contribution in [0.25, 0.3) is 0 Å². The molecule has 0 bridgehead atoms. The second-order valence-electron chi connectivity index (χ2n) is 4.48. The van der Waals surface area contributed by atoms with Gasteiger partial charge in [-0.3, -0.25) is 0 Å². The lowest BCUT2D eigenvalue weighted by Gasteiger charge is -2.17. The van der Waals surface area contributed by atoms with E-state index in [1.165, 1.54) is 12.1 Å². The number of aliphatic hydroxyl groups is 1. The number of alkyl halides is 1. The fourth-order valence-electron chi connectivity index (χ4n) is 1.94. The van der Waals surface area contributed by atoms with E-state index in [-0.39, 0.29) is 17.2 Å². The number of carbonyl (C=O) groups is 1. The van der Waals surface area contributed by atoms with Gasteiger partial charge >= 0.3 is 5.97 Å². The first kappa shape index (κ1) is 15.9. The van der Waals surface area contributed by atoms with E-state index in [1.807, 2.05) is 0 Å². The highest BCUT2D eigenvalue weighted by atomic mass is 35.5. The number of benzene rings is 1. The molecule has 2 rings (SSSR count). The molecule has 0 aliphatic carbocycles. The van der Waals surface area contributed by atoms with Crippen LogP contribution >= 0.6 is 11.6 Å². The molecule has 1 heterocycles. The highest BCUT2D eigenvalue weighted by Crippen LogP contribution is 2.40. The maximum absolute atomic E-state index is 13.9. The molecule has 0 saturated heterocycles. The Morgan fingerprint density at radius 1 is 1.48 bits per heavy atom. The van der Waals surface area contributed by atoms with Crippen molar-refractivity contribution >= 4 is 17.6 Å². The van der Waals surface area contributed by atoms with Gasteiger partial charge in [0.1, 0.15) is 6.10 Å². The molecule has 1 aromatic rings. The Hall–Kier alpha value is -1.53. The third-order valence-corrected chi connectivity index (χ3v) is 3.24. The van der Waals surface area contributed by atoms with Crippen LogP contribution in [-0.2, 0) is 9.53 Å². The van der Waals surface area contributed by atoms with Crippen LogP contribution in [0, 0.1) is 0 Å². The van der Waals surface area contributed by atoms with E-state index in [1.54, 1.807) is 6.92 Å². The standard InChI is InChI=1S/C14H16ClFO5/c1-2-19-14(18)11(16)12(17)8-6-9(15)13-10(7-8)20-4-3-5-21-13/h6-7,11-12,17H,2-5H2,1H3. The van der Waals surface area contributed by atoms with Crippen LogP contribution in [0.3, 0.4) is 0 Å². The third kappa shape index (κ3) is 3.57. The lowest BCUT2D eigenvalue weighted by atomic mass is 10.0. The smallest absolute Gasteiger partial charge is 0.343 e. The van der Waals surface area contributed by atoms with E-state index in [0.717, 1.165) is 0 Å². The molecule has 1 aliphatic heterocycles.